The zero-order valence-corrected chi connectivity index (χ0v) is 13.3. The number of nitrogens with one attached hydrogen (secondary N) is 2. The van der Waals surface area contributed by atoms with E-state index in [1.54, 1.807) is 0 Å². The maximum Gasteiger partial charge on any atom is 0.238 e. The Morgan fingerprint density at radius 3 is 3.05 bits per heavy atom. The second kappa shape index (κ2) is 5.95. The van der Waals surface area contributed by atoms with Gasteiger partial charge in [-0.25, -0.2) is 0 Å². The lowest BCUT2D eigenvalue weighted by atomic mass is 9.95. The van der Waals surface area contributed by atoms with E-state index in [0.29, 0.717) is 29.4 Å². The van der Waals surface area contributed by atoms with Crippen LogP contribution in [0.25, 0.3) is 0 Å². The molecular weight excluding hydrogens is 286 g/mol. The van der Waals surface area contributed by atoms with Crippen LogP contribution < -0.4 is 10.6 Å². The normalized spacial score (nSPS) is 28.6. The first-order chi connectivity index (χ1) is 10.1. The fraction of sp³-hybridized carbons (Fsp3) is 0.562. The van der Waals surface area contributed by atoms with Crippen molar-refractivity contribution < 1.29 is 4.79 Å². The van der Waals surface area contributed by atoms with Crippen LogP contribution in [0.3, 0.4) is 0 Å². The molecule has 114 valence electrons. The topological polar surface area (TPSA) is 44.4 Å². The van der Waals surface area contributed by atoms with Gasteiger partial charge < -0.3 is 10.6 Å². The maximum atomic E-state index is 12.3. The van der Waals surface area contributed by atoms with Gasteiger partial charge in [-0.2, -0.15) is 0 Å². The third-order valence-electron chi connectivity index (χ3n) is 4.95. The minimum Gasteiger partial charge on any atom is -0.325 e. The van der Waals surface area contributed by atoms with Gasteiger partial charge in [-0.3, -0.25) is 9.69 Å². The fourth-order valence-electron chi connectivity index (χ4n) is 3.58. The van der Waals surface area contributed by atoms with Crippen molar-refractivity contribution in [1.82, 2.24) is 10.2 Å². The van der Waals surface area contributed by atoms with Crippen molar-refractivity contribution in [1.29, 1.82) is 0 Å². The molecule has 1 aromatic carbocycles. The number of anilines is 1. The van der Waals surface area contributed by atoms with Crippen LogP contribution in [0.4, 0.5) is 5.69 Å². The highest BCUT2D eigenvalue weighted by atomic mass is 35.5. The van der Waals surface area contributed by atoms with Crippen LogP contribution in [-0.4, -0.2) is 43.0 Å². The molecule has 21 heavy (non-hydrogen) atoms. The number of benzene rings is 1. The molecule has 0 spiro atoms. The summed E-state index contributed by atoms with van der Waals surface area (Å²) in [6.07, 6.45) is 0. The second-order valence-electron chi connectivity index (χ2n) is 6.21. The molecule has 3 rings (SSSR count). The fourth-order valence-corrected chi connectivity index (χ4v) is 3.76. The van der Waals surface area contributed by atoms with Gasteiger partial charge in [-0.1, -0.05) is 17.7 Å². The third-order valence-corrected chi connectivity index (χ3v) is 5.35. The lowest BCUT2D eigenvalue weighted by Gasteiger charge is -2.23. The van der Waals surface area contributed by atoms with E-state index in [1.807, 2.05) is 25.1 Å². The highest BCUT2D eigenvalue weighted by Crippen LogP contribution is 2.32. The summed E-state index contributed by atoms with van der Waals surface area (Å²) < 4.78 is 0. The van der Waals surface area contributed by atoms with Gasteiger partial charge in [0, 0.05) is 23.3 Å². The van der Waals surface area contributed by atoms with Gasteiger partial charge >= 0.3 is 0 Å². The molecule has 2 aliphatic heterocycles. The smallest absolute Gasteiger partial charge is 0.238 e. The van der Waals surface area contributed by atoms with Crippen molar-refractivity contribution in [3.63, 3.8) is 0 Å². The summed E-state index contributed by atoms with van der Waals surface area (Å²) in [6, 6.07) is 6.06. The standard InChI is InChI=1S/C16H22ClN3O/c1-10-14(17)4-3-5-15(10)19-16(21)9-20-8-12-6-18-7-13(12)11(20)2/h3-5,11-13,18H,6-9H2,1-2H3,(H,19,21). The highest BCUT2D eigenvalue weighted by Gasteiger charge is 2.42. The molecule has 0 radical (unpaired) electrons. The number of fused-ring (bicyclic) bond motifs is 1. The van der Waals surface area contributed by atoms with E-state index in [4.69, 9.17) is 11.6 Å². The molecule has 0 bridgehead atoms. The summed E-state index contributed by atoms with van der Waals surface area (Å²) in [5, 5.41) is 7.11. The van der Waals surface area contributed by atoms with E-state index >= 15 is 0 Å². The molecule has 5 heteroatoms. The average molecular weight is 308 g/mol. The molecule has 1 amide bonds. The zero-order chi connectivity index (χ0) is 15.0. The molecule has 4 nitrogen and oxygen atoms in total. The Bertz CT molecular complexity index is 548. The van der Waals surface area contributed by atoms with Crippen molar-refractivity contribution in [2.45, 2.75) is 19.9 Å². The van der Waals surface area contributed by atoms with Crippen LogP contribution in [0.5, 0.6) is 0 Å². The Kier molecular flexibility index (Phi) is 4.20. The zero-order valence-electron chi connectivity index (χ0n) is 12.5. The minimum absolute atomic E-state index is 0.0418. The predicted molar refractivity (Wildman–Crippen MR) is 85.7 cm³/mol. The van der Waals surface area contributed by atoms with Crippen LogP contribution >= 0.6 is 11.6 Å². The molecule has 3 atom stereocenters. The Morgan fingerprint density at radius 2 is 2.29 bits per heavy atom. The van der Waals surface area contributed by atoms with Crippen LogP contribution in [-0.2, 0) is 4.79 Å². The number of likely N-dealkylation sites (tertiary alicyclic amines) is 1. The Hall–Kier alpha value is -1.10. The Morgan fingerprint density at radius 1 is 1.48 bits per heavy atom. The summed E-state index contributed by atoms with van der Waals surface area (Å²) in [5.41, 5.74) is 1.73. The average Bonchev–Trinajstić information content (AvgIpc) is 3.00. The molecule has 2 fully saturated rings. The Labute approximate surface area is 130 Å². The summed E-state index contributed by atoms with van der Waals surface area (Å²) in [5.74, 6) is 1.42. The first-order valence-corrected chi connectivity index (χ1v) is 7.94. The molecular formula is C16H22ClN3O. The van der Waals surface area contributed by atoms with Gasteiger partial charge in [0.2, 0.25) is 5.91 Å². The highest BCUT2D eigenvalue weighted by molar-refractivity contribution is 6.31. The van der Waals surface area contributed by atoms with E-state index < -0.39 is 0 Å². The number of hydrogen-bond acceptors (Lipinski definition) is 3. The van der Waals surface area contributed by atoms with Crippen molar-refractivity contribution in [3.8, 4) is 0 Å². The summed E-state index contributed by atoms with van der Waals surface area (Å²) in [6.45, 7) is 7.79. The lowest BCUT2D eigenvalue weighted by Crippen LogP contribution is -2.39. The van der Waals surface area contributed by atoms with Crippen molar-refractivity contribution >= 4 is 23.2 Å². The van der Waals surface area contributed by atoms with Gasteiger partial charge in [-0.15, -0.1) is 0 Å². The van der Waals surface area contributed by atoms with Crippen molar-refractivity contribution in [2.75, 3.05) is 31.5 Å². The van der Waals surface area contributed by atoms with E-state index in [-0.39, 0.29) is 5.91 Å². The molecule has 0 aromatic heterocycles. The molecule has 2 aliphatic rings. The van der Waals surface area contributed by atoms with Crippen LogP contribution in [0, 0.1) is 18.8 Å². The van der Waals surface area contributed by atoms with Gasteiger partial charge in [0.15, 0.2) is 0 Å². The van der Waals surface area contributed by atoms with Gasteiger partial charge in [0.05, 0.1) is 6.54 Å². The molecule has 2 saturated heterocycles. The SMILES string of the molecule is Cc1c(Cl)cccc1NC(=O)CN1CC2CNCC2C1C. The molecule has 0 saturated carbocycles. The number of halogens is 1. The predicted octanol–water partition coefficient (Wildman–Crippen LogP) is 2.13. The lowest BCUT2D eigenvalue weighted by molar-refractivity contribution is -0.117. The summed E-state index contributed by atoms with van der Waals surface area (Å²) in [7, 11) is 0. The largest absolute Gasteiger partial charge is 0.325 e. The van der Waals surface area contributed by atoms with E-state index in [2.05, 4.69) is 22.5 Å². The quantitative estimate of drug-likeness (QED) is 0.899. The number of rotatable bonds is 3. The van der Waals surface area contributed by atoms with Crippen molar-refractivity contribution in [3.05, 3.63) is 28.8 Å². The second-order valence-corrected chi connectivity index (χ2v) is 6.62. The number of carbonyl (C=O) groups is 1. The first-order valence-electron chi connectivity index (χ1n) is 7.56. The minimum atomic E-state index is 0.0418. The summed E-state index contributed by atoms with van der Waals surface area (Å²) >= 11 is 6.09. The van der Waals surface area contributed by atoms with E-state index in [9.17, 15) is 4.79 Å². The van der Waals surface area contributed by atoms with E-state index in [1.165, 1.54) is 0 Å². The molecule has 1 aromatic rings. The number of hydrogen-bond donors (Lipinski definition) is 2. The molecule has 0 aliphatic carbocycles. The first kappa shape index (κ1) is 14.8. The molecule has 2 N–H and O–H groups in total. The van der Waals surface area contributed by atoms with E-state index in [0.717, 1.165) is 30.9 Å². The number of carbonyl (C=O) groups excluding carboxylic acids is 1. The van der Waals surface area contributed by atoms with Gasteiger partial charge in [0.25, 0.3) is 0 Å². The van der Waals surface area contributed by atoms with Crippen LogP contribution in [0.1, 0.15) is 12.5 Å². The summed E-state index contributed by atoms with van der Waals surface area (Å²) in [4.78, 5) is 14.6. The van der Waals surface area contributed by atoms with Crippen molar-refractivity contribution in [2.24, 2.45) is 11.8 Å². The number of nitrogens with zero attached hydrogens (tertiary/aromatic N) is 1. The Balaban J connectivity index is 1.61. The van der Waals surface area contributed by atoms with Gasteiger partial charge in [-0.05, 0) is 56.5 Å². The monoisotopic (exact) mass is 307 g/mol. The van der Waals surface area contributed by atoms with Crippen LogP contribution in [0.15, 0.2) is 18.2 Å². The maximum absolute atomic E-state index is 12.3. The van der Waals surface area contributed by atoms with Crippen LogP contribution in [0.2, 0.25) is 5.02 Å². The molecule has 2 heterocycles. The molecule has 3 unspecified atom stereocenters. The number of amides is 1. The van der Waals surface area contributed by atoms with Gasteiger partial charge in [0.1, 0.15) is 0 Å². The third kappa shape index (κ3) is 2.93.